The Labute approximate surface area is 145 Å². The Kier molecular flexibility index (Phi) is 3.01. The van der Waals surface area contributed by atoms with Crippen LogP contribution in [-0.2, 0) is 9.59 Å². The molecule has 0 spiro atoms. The number of hydrogen-bond acceptors (Lipinski definition) is 4. The highest BCUT2D eigenvalue weighted by Gasteiger charge is 2.58. The minimum atomic E-state index is -0.241. The normalized spacial score (nSPS) is 30.6. The molecule has 4 fully saturated rings. The highest BCUT2D eigenvalue weighted by Crippen LogP contribution is 2.47. The third-order valence-electron chi connectivity index (χ3n) is 6.09. The van der Waals surface area contributed by atoms with Gasteiger partial charge >= 0.3 is 0 Å². The first kappa shape index (κ1) is 14.6. The molecule has 1 saturated carbocycles. The van der Waals surface area contributed by atoms with E-state index in [1.54, 1.807) is 12.1 Å². The largest absolute Gasteiger partial charge is 0.313 e. The SMILES string of the molecule is N#Cc1ccc(N2C(=O)[C@@H]3C4CCC(CN4)[C@@H]3C2=O)c2ccccc12. The molecule has 3 saturated heterocycles. The monoisotopic (exact) mass is 331 g/mol. The van der Waals surface area contributed by atoms with Gasteiger partial charge in [0.1, 0.15) is 0 Å². The van der Waals surface area contributed by atoms with Gasteiger partial charge < -0.3 is 5.32 Å². The Hall–Kier alpha value is -2.71. The number of nitrogens with zero attached hydrogens (tertiary/aromatic N) is 2. The molecular weight excluding hydrogens is 314 g/mol. The van der Waals surface area contributed by atoms with Gasteiger partial charge in [0.25, 0.3) is 0 Å². The molecule has 2 aromatic rings. The van der Waals surface area contributed by atoms with Crippen molar-refractivity contribution in [1.82, 2.24) is 5.32 Å². The van der Waals surface area contributed by atoms with E-state index in [2.05, 4.69) is 11.4 Å². The van der Waals surface area contributed by atoms with Crippen LogP contribution in [0.25, 0.3) is 10.8 Å². The smallest absolute Gasteiger partial charge is 0.239 e. The molecule has 1 aliphatic carbocycles. The summed E-state index contributed by atoms with van der Waals surface area (Å²) in [6.07, 6.45) is 1.98. The molecule has 3 aliphatic heterocycles. The van der Waals surface area contributed by atoms with Gasteiger partial charge in [-0.15, -0.1) is 0 Å². The molecule has 5 heteroatoms. The second-order valence-electron chi connectivity index (χ2n) is 7.21. The average Bonchev–Trinajstić information content (AvgIpc) is 2.95. The highest BCUT2D eigenvalue weighted by molar-refractivity contribution is 6.25. The Morgan fingerprint density at radius 1 is 1.00 bits per heavy atom. The summed E-state index contributed by atoms with van der Waals surface area (Å²) >= 11 is 0. The molecule has 3 heterocycles. The average molecular weight is 331 g/mol. The number of carbonyl (C=O) groups excluding carboxylic acids is 2. The summed E-state index contributed by atoms with van der Waals surface area (Å²) in [4.78, 5) is 27.7. The second-order valence-corrected chi connectivity index (χ2v) is 7.21. The van der Waals surface area contributed by atoms with Gasteiger partial charge in [-0.05, 0) is 37.4 Å². The molecule has 124 valence electrons. The number of anilines is 1. The van der Waals surface area contributed by atoms with Gasteiger partial charge in [-0.3, -0.25) is 9.59 Å². The van der Waals surface area contributed by atoms with Gasteiger partial charge in [0.2, 0.25) is 11.8 Å². The van der Waals surface area contributed by atoms with Gasteiger partial charge in [0.15, 0.2) is 0 Å². The first-order valence-corrected chi connectivity index (χ1v) is 8.74. The fraction of sp³-hybridized carbons (Fsp3) is 0.350. The van der Waals surface area contributed by atoms with Crippen LogP contribution in [0.1, 0.15) is 18.4 Å². The first-order valence-electron chi connectivity index (χ1n) is 8.74. The summed E-state index contributed by atoms with van der Waals surface area (Å²) in [5.74, 6) is -0.342. The summed E-state index contributed by atoms with van der Waals surface area (Å²) in [6, 6.07) is 13.2. The molecule has 2 bridgehead atoms. The fourth-order valence-electron chi connectivity index (χ4n) is 4.96. The number of nitriles is 1. The molecule has 2 unspecified atom stereocenters. The number of piperidine rings is 2. The van der Waals surface area contributed by atoms with Crippen molar-refractivity contribution in [1.29, 1.82) is 5.26 Å². The zero-order valence-corrected chi connectivity index (χ0v) is 13.6. The molecule has 2 amide bonds. The number of amides is 2. The van der Waals surface area contributed by atoms with Crippen molar-refractivity contribution in [2.24, 2.45) is 17.8 Å². The molecule has 0 aromatic heterocycles. The predicted molar refractivity (Wildman–Crippen MR) is 92.7 cm³/mol. The van der Waals surface area contributed by atoms with E-state index in [9.17, 15) is 14.9 Å². The van der Waals surface area contributed by atoms with Crippen LogP contribution in [0, 0.1) is 29.1 Å². The predicted octanol–water partition coefficient (Wildman–Crippen LogP) is 2.20. The molecule has 1 N–H and O–H groups in total. The lowest BCUT2D eigenvalue weighted by molar-refractivity contribution is -0.126. The molecular formula is C20H17N3O2. The zero-order valence-electron chi connectivity index (χ0n) is 13.6. The van der Waals surface area contributed by atoms with Crippen molar-refractivity contribution in [3.8, 4) is 6.07 Å². The van der Waals surface area contributed by atoms with E-state index >= 15 is 0 Å². The summed E-state index contributed by atoms with van der Waals surface area (Å²) in [5, 5.41) is 14.3. The molecule has 0 radical (unpaired) electrons. The number of rotatable bonds is 1. The summed E-state index contributed by atoms with van der Waals surface area (Å²) in [7, 11) is 0. The molecule has 4 aliphatic rings. The van der Waals surface area contributed by atoms with Crippen LogP contribution in [0.15, 0.2) is 36.4 Å². The van der Waals surface area contributed by atoms with E-state index in [1.807, 2.05) is 24.3 Å². The van der Waals surface area contributed by atoms with Crippen molar-refractivity contribution in [3.63, 3.8) is 0 Å². The van der Waals surface area contributed by atoms with Crippen molar-refractivity contribution < 1.29 is 9.59 Å². The van der Waals surface area contributed by atoms with Crippen LogP contribution in [-0.4, -0.2) is 24.4 Å². The van der Waals surface area contributed by atoms with E-state index in [4.69, 9.17) is 0 Å². The Balaban J connectivity index is 1.68. The molecule has 6 rings (SSSR count). The maximum Gasteiger partial charge on any atom is 0.239 e. The van der Waals surface area contributed by atoms with E-state index < -0.39 is 0 Å². The molecule has 25 heavy (non-hydrogen) atoms. The van der Waals surface area contributed by atoms with Crippen LogP contribution in [0.5, 0.6) is 0 Å². The number of fused-ring (bicyclic) bond motifs is 3. The van der Waals surface area contributed by atoms with Crippen molar-refractivity contribution in [2.45, 2.75) is 18.9 Å². The van der Waals surface area contributed by atoms with Gasteiger partial charge in [-0.2, -0.15) is 5.26 Å². The Morgan fingerprint density at radius 2 is 1.76 bits per heavy atom. The van der Waals surface area contributed by atoms with Crippen LogP contribution < -0.4 is 10.2 Å². The standard InChI is InChI=1S/C20H17N3O2/c21-9-11-6-8-16(14-4-2-1-3-13(11)14)23-19(24)17-12-5-7-15(22-10-12)18(17)20(23)25/h1-4,6,8,12,15,17-18,22H,5,7,10H2/t12?,15?,17-,18+/m0/s1. The molecule has 4 atom stereocenters. The first-order chi connectivity index (χ1) is 12.2. The lowest BCUT2D eigenvalue weighted by Crippen LogP contribution is -2.56. The molecule has 2 aromatic carbocycles. The Bertz CT molecular complexity index is 923. The minimum Gasteiger partial charge on any atom is -0.313 e. The lowest BCUT2D eigenvalue weighted by atomic mass is 9.67. The minimum absolute atomic E-state index is 0.0685. The third kappa shape index (κ3) is 1.86. The van der Waals surface area contributed by atoms with Crippen LogP contribution >= 0.6 is 0 Å². The van der Waals surface area contributed by atoms with Crippen molar-refractivity contribution in [3.05, 3.63) is 42.0 Å². The zero-order chi connectivity index (χ0) is 17.1. The fourth-order valence-corrected chi connectivity index (χ4v) is 4.96. The topological polar surface area (TPSA) is 73.2 Å². The van der Waals surface area contributed by atoms with Crippen LogP contribution in [0.2, 0.25) is 0 Å². The quantitative estimate of drug-likeness (QED) is 0.813. The Morgan fingerprint density at radius 3 is 2.44 bits per heavy atom. The van der Waals surface area contributed by atoms with E-state index in [-0.39, 0.29) is 35.6 Å². The van der Waals surface area contributed by atoms with Crippen molar-refractivity contribution >= 4 is 28.3 Å². The van der Waals surface area contributed by atoms with Crippen molar-refractivity contribution in [2.75, 3.05) is 11.4 Å². The molecule has 5 nitrogen and oxygen atoms in total. The maximum absolute atomic E-state index is 13.2. The highest BCUT2D eigenvalue weighted by atomic mass is 16.2. The number of hydrogen-bond donors (Lipinski definition) is 1. The van der Waals surface area contributed by atoms with E-state index in [1.165, 1.54) is 4.90 Å². The maximum atomic E-state index is 13.2. The van der Waals surface area contributed by atoms with Crippen LogP contribution in [0.3, 0.4) is 0 Å². The van der Waals surface area contributed by atoms with Gasteiger partial charge in [0.05, 0.1) is 29.2 Å². The van der Waals surface area contributed by atoms with Gasteiger partial charge in [-0.25, -0.2) is 4.90 Å². The summed E-state index contributed by atoms with van der Waals surface area (Å²) in [5.41, 5.74) is 1.16. The summed E-state index contributed by atoms with van der Waals surface area (Å²) < 4.78 is 0. The number of carbonyl (C=O) groups is 2. The second kappa shape index (κ2) is 5.14. The number of nitrogens with one attached hydrogen (secondary N) is 1. The van der Waals surface area contributed by atoms with Crippen LogP contribution in [0.4, 0.5) is 5.69 Å². The summed E-state index contributed by atoms with van der Waals surface area (Å²) in [6.45, 7) is 0.826. The van der Waals surface area contributed by atoms with E-state index in [0.717, 1.165) is 30.2 Å². The number of benzene rings is 2. The lowest BCUT2D eigenvalue weighted by Gasteiger charge is -2.43. The number of imide groups is 1. The van der Waals surface area contributed by atoms with E-state index in [0.29, 0.717) is 11.3 Å². The van der Waals surface area contributed by atoms with Gasteiger partial charge in [0, 0.05) is 16.8 Å². The third-order valence-corrected chi connectivity index (χ3v) is 6.09. The van der Waals surface area contributed by atoms with Gasteiger partial charge in [-0.1, -0.05) is 24.3 Å².